The highest BCUT2D eigenvalue weighted by atomic mass is 32.2. The highest BCUT2D eigenvalue weighted by molar-refractivity contribution is 7.98. The highest BCUT2D eigenvalue weighted by Crippen LogP contribution is 2.26. The van der Waals surface area contributed by atoms with Crippen LogP contribution in [-0.2, 0) is 5.75 Å². The molecule has 12 heteroatoms. The predicted molar refractivity (Wildman–Crippen MR) is 104 cm³/mol. The summed E-state index contributed by atoms with van der Waals surface area (Å²) in [6.45, 7) is 0. The summed E-state index contributed by atoms with van der Waals surface area (Å²) < 4.78 is 48.3. The number of nitrogens with zero attached hydrogens (tertiary/aromatic N) is 6. The number of hydrogen-bond donors (Lipinski definition) is 0. The number of pyridine rings is 1. The fraction of sp³-hybridized carbons (Fsp3) is 0.105. The van der Waals surface area contributed by atoms with E-state index >= 15 is 0 Å². The Balaban J connectivity index is 1.87. The zero-order valence-corrected chi connectivity index (χ0v) is 16.5. The molecule has 3 heterocycles. The van der Waals surface area contributed by atoms with Crippen LogP contribution in [0.25, 0.3) is 11.2 Å². The van der Waals surface area contributed by atoms with Crippen molar-refractivity contribution in [3.63, 3.8) is 0 Å². The molecular weight excluding hydrogens is 433 g/mol. The fourth-order valence-electron chi connectivity index (χ4n) is 2.81. The van der Waals surface area contributed by atoms with E-state index in [1.54, 1.807) is 0 Å². The second-order valence-corrected chi connectivity index (χ2v) is 7.08. The Kier molecular flexibility index (Phi) is 5.35. The van der Waals surface area contributed by atoms with Crippen molar-refractivity contribution in [3.8, 4) is 17.6 Å². The number of hydrogen-bond acceptors (Lipinski definition) is 7. The van der Waals surface area contributed by atoms with E-state index in [9.17, 15) is 23.2 Å². The molecule has 0 spiro atoms. The van der Waals surface area contributed by atoms with Gasteiger partial charge in [0.1, 0.15) is 23.3 Å². The number of thioether (sulfide) groups is 1. The van der Waals surface area contributed by atoms with E-state index < -0.39 is 23.0 Å². The second kappa shape index (κ2) is 8.11. The number of methoxy groups -OCH3 is 1. The average Bonchev–Trinajstić information content (AvgIpc) is 3.16. The summed E-state index contributed by atoms with van der Waals surface area (Å²) in [5, 5.41) is 17.4. The fourth-order valence-corrected chi connectivity index (χ4v) is 3.78. The number of benzene rings is 1. The van der Waals surface area contributed by atoms with Gasteiger partial charge in [-0.25, -0.2) is 18.2 Å². The number of fused-ring (bicyclic) bond motifs is 1. The first-order valence-electron chi connectivity index (χ1n) is 8.60. The van der Waals surface area contributed by atoms with Crippen LogP contribution in [0, 0.1) is 28.8 Å². The average molecular weight is 444 g/mol. The maximum atomic E-state index is 14.3. The Morgan fingerprint density at radius 1 is 1.19 bits per heavy atom. The molecule has 3 aromatic heterocycles. The minimum Gasteiger partial charge on any atom is -0.479 e. The molecular formula is C19H11F3N6O2S. The molecule has 0 N–H and O–H groups in total. The first kappa shape index (κ1) is 20.4. The van der Waals surface area contributed by atoms with Crippen LogP contribution in [0.4, 0.5) is 13.2 Å². The van der Waals surface area contributed by atoms with Crippen molar-refractivity contribution in [1.82, 2.24) is 24.4 Å². The van der Waals surface area contributed by atoms with Crippen LogP contribution in [0.5, 0.6) is 5.88 Å². The van der Waals surface area contributed by atoms with Gasteiger partial charge in [-0.05, 0) is 11.6 Å². The van der Waals surface area contributed by atoms with Crippen LogP contribution >= 0.6 is 11.8 Å². The van der Waals surface area contributed by atoms with E-state index in [4.69, 9.17) is 4.74 Å². The number of ether oxygens (including phenoxy) is 1. The van der Waals surface area contributed by atoms with Gasteiger partial charge in [0.2, 0.25) is 5.88 Å². The van der Waals surface area contributed by atoms with Crippen molar-refractivity contribution in [2.45, 2.75) is 10.9 Å². The van der Waals surface area contributed by atoms with Gasteiger partial charge in [-0.1, -0.05) is 17.8 Å². The molecule has 0 aliphatic rings. The Hall–Kier alpha value is -3.85. The molecule has 31 heavy (non-hydrogen) atoms. The van der Waals surface area contributed by atoms with Crippen LogP contribution in [0.15, 0.2) is 46.6 Å². The standard InChI is InChI=1S/C19H11F3N6O2S/c1-30-17-15(22)5-13(8-24-17)27-18(29)16-11(6-23)7-25-28(16)26-19(27)31-9-10-2-3-12(20)4-14(10)21/h2-5,7-8H,9H2,1H3. The smallest absolute Gasteiger partial charge is 0.286 e. The molecule has 1 aromatic carbocycles. The van der Waals surface area contributed by atoms with Crippen molar-refractivity contribution in [2.24, 2.45) is 0 Å². The molecule has 0 aliphatic carbocycles. The van der Waals surface area contributed by atoms with Crippen molar-refractivity contribution >= 4 is 17.3 Å². The van der Waals surface area contributed by atoms with E-state index in [-0.39, 0.29) is 39.1 Å². The Morgan fingerprint density at radius 3 is 2.68 bits per heavy atom. The minimum absolute atomic E-state index is 0.0114. The summed E-state index contributed by atoms with van der Waals surface area (Å²) in [5.41, 5.74) is -0.641. The van der Waals surface area contributed by atoms with Gasteiger partial charge in [-0.3, -0.25) is 9.36 Å². The number of halogens is 3. The molecule has 0 unspecified atom stereocenters. The summed E-state index contributed by atoms with van der Waals surface area (Å²) in [7, 11) is 1.24. The summed E-state index contributed by atoms with van der Waals surface area (Å²) in [6.07, 6.45) is 2.38. The number of rotatable bonds is 5. The summed E-state index contributed by atoms with van der Waals surface area (Å²) in [5.74, 6) is -2.58. The van der Waals surface area contributed by atoms with Gasteiger partial charge in [-0.15, -0.1) is 9.73 Å². The first-order valence-corrected chi connectivity index (χ1v) is 9.59. The molecule has 0 saturated heterocycles. The van der Waals surface area contributed by atoms with Gasteiger partial charge in [-0.2, -0.15) is 10.4 Å². The van der Waals surface area contributed by atoms with Crippen molar-refractivity contribution in [3.05, 3.63) is 75.6 Å². The highest BCUT2D eigenvalue weighted by Gasteiger charge is 2.20. The van der Waals surface area contributed by atoms with E-state index in [0.29, 0.717) is 0 Å². The van der Waals surface area contributed by atoms with Crippen molar-refractivity contribution in [2.75, 3.05) is 7.11 Å². The third kappa shape index (κ3) is 3.71. The van der Waals surface area contributed by atoms with Gasteiger partial charge in [0, 0.05) is 17.9 Å². The normalized spacial score (nSPS) is 10.9. The lowest BCUT2D eigenvalue weighted by atomic mass is 10.2. The lowest BCUT2D eigenvalue weighted by molar-refractivity contribution is 0.368. The van der Waals surface area contributed by atoms with E-state index in [2.05, 4.69) is 15.2 Å². The van der Waals surface area contributed by atoms with Gasteiger partial charge in [0.15, 0.2) is 16.5 Å². The Bertz CT molecular complexity index is 1410. The summed E-state index contributed by atoms with van der Waals surface area (Å²) in [6, 6.07) is 6.00. The summed E-state index contributed by atoms with van der Waals surface area (Å²) >= 11 is 0.941. The molecule has 0 saturated carbocycles. The Labute approximate surface area is 176 Å². The van der Waals surface area contributed by atoms with Gasteiger partial charge in [0.05, 0.1) is 25.2 Å². The van der Waals surface area contributed by atoms with Crippen LogP contribution in [0.1, 0.15) is 11.1 Å². The van der Waals surface area contributed by atoms with E-state index in [0.717, 1.165) is 39.2 Å². The lowest BCUT2D eigenvalue weighted by Crippen LogP contribution is -2.25. The van der Waals surface area contributed by atoms with Crippen LogP contribution in [-0.4, -0.2) is 31.5 Å². The molecule has 0 atom stereocenters. The quantitative estimate of drug-likeness (QED) is 0.437. The monoisotopic (exact) mass is 444 g/mol. The molecule has 0 aliphatic heterocycles. The molecule has 0 amide bonds. The first-order chi connectivity index (χ1) is 14.9. The maximum absolute atomic E-state index is 14.3. The number of nitriles is 1. The van der Waals surface area contributed by atoms with Gasteiger partial charge < -0.3 is 4.74 Å². The van der Waals surface area contributed by atoms with Crippen molar-refractivity contribution < 1.29 is 17.9 Å². The molecule has 4 rings (SSSR count). The zero-order chi connectivity index (χ0) is 22.1. The van der Waals surface area contributed by atoms with Gasteiger partial charge in [0.25, 0.3) is 5.56 Å². The molecule has 0 radical (unpaired) electrons. The molecule has 0 bridgehead atoms. The van der Waals surface area contributed by atoms with Crippen LogP contribution < -0.4 is 10.3 Å². The van der Waals surface area contributed by atoms with Crippen LogP contribution in [0.2, 0.25) is 0 Å². The zero-order valence-electron chi connectivity index (χ0n) is 15.7. The third-order valence-corrected chi connectivity index (χ3v) is 5.24. The third-order valence-electron chi connectivity index (χ3n) is 4.27. The van der Waals surface area contributed by atoms with E-state index in [1.165, 1.54) is 25.6 Å². The molecule has 0 fully saturated rings. The van der Waals surface area contributed by atoms with Crippen LogP contribution in [0.3, 0.4) is 0 Å². The van der Waals surface area contributed by atoms with E-state index in [1.807, 2.05) is 6.07 Å². The minimum atomic E-state index is -0.818. The Morgan fingerprint density at radius 2 is 2.00 bits per heavy atom. The van der Waals surface area contributed by atoms with Gasteiger partial charge >= 0.3 is 0 Å². The molecule has 4 aromatic rings. The van der Waals surface area contributed by atoms with Crippen molar-refractivity contribution in [1.29, 1.82) is 5.26 Å². The maximum Gasteiger partial charge on any atom is 0.286 e. The largest absolute Gasteiger partial charge is 0.479 e. The number of aromatic nitrogens is 5. The molecule has 156 valence electrons. The summed E-state index contributed by atoms with van der Waals surface area (Å²) in [4.78, 5) is 17.0. The second-order valence-electron chi connectivity index (χ2n) is 6.14. The predicted octanol–water partition coefficient (Wildman–Crippen LogP) is 2.87. The molecule has 8 nitrogen and oxygen atoms in total. The topological polar surface area (TPSA) is 98.1 Å². The lowest BCUT2D eigenvalue weighted by Gasteiger charge is -2.13. The SMILES string of the molecule is COc1ncc(-n2c(SCc3ccc(F)cc3F)nn3ncc(C#N)c3c2=O)cc1F.